The zero-order chi connectivity index (χ0) is 26.2. The Labute approximate surface area is 220 Å². The number of H-pyrrole nitrogens is 1. The number of hydrogen-bond acceptors (Lipinski definition) is 7. The fourth-order valence-electron chi connectivity index (χ4n) is 5.65. The third kappa shape index (κ3) is 4.69. The van der Waals surface area contributed by atoms with Crippen LogP contribution in [0.1, 0.15) is 41.4 Å². The molecule has 4 aromatic rings. The number of rotatable bonds is 6. The van der Waals surface area contributed by atoms with E-state index in [0.717, 1.165) is 60.3 Å². The van der Waals surface area contributed by atoms with E-state index >= 15 is 0 Å². The highest BCUT2D eigenvalue weighted by Crippen LogP contribution is 2.30. The van der Waals surface area contributed by atoms with E-state index in [-0.39, 0.29) is 17.5 Å². The van der Waals surface area contributed by atoms with Crippen LogP contribution in [0.25, 0.3) is 10.9 Å². The molecule has 2 saturated heterocycles. The van der Waals surface area contributed by atoms with Crippen LogP contribution in [-0.4, -0.2) is 69.0 Å². The summed E-state index contributed by atoms with van der Waals surface area (Å²) in [5.41, 5.74) is 4.54. The number of anilines is 1. The Morgan fingerprint density at radius 2 is 1.89 bits per heavy atom. The van der Waals surface area contributed by atoms with Gasteiger partial charge in [-0.3, -0.25) is 9.69 Å². The number of fused-ring (bicyclic) bond motifs is 1. The van der Waals surface area contributed by atoms with Gasteiger partial charge in [-0.1, -0.05) is 12.1 Å². The highest BCUT2D eigenvalue weighted by Gasteiger charge is 2.33. The summed E-state index contributed by atoms with van der Waals surface area (Å²) in [6, 6.07) is 12.3. The Morgan fingerprint density at radius 1 is 1.11 bits per heavy atom. The fourth-order valence-corrected chi connectivity index (χ4v) is 5.65. The molecule has 1 N–H and O–H groups in total. The third-order valence-electron chi connectivity index (χ3n) is 7.95. The molecule has 2 aromatic carbocycles. The van der Waals surface area contributed by atoms with Crippen molar-refractivity contribution in [2.24, 2.45) is 0 Å². The molecular weight excluding hydrogens is 485 g/mol. The number of piperazine rings is 1. The minimum atomic E-state index is -0.420. The van der Waals surface area contributed by atoms with E-state index in [2.05, 4.69) is 42.4 Å². The fraction of sp³-hybridized carbons (Fsp3) is 0.429. The molecule has 2 aromatic heterocycles. The van der Waals surface area contributed by atoms with Crippen LogP contribution in [0.3, 0.4) is 0 Å². The second-order valence-electron chi connectivity index (χ2n) is 10.3. The number of aromatic amines is 1. The van der Waals surface area contributed by atoms with Crippen molar-refractivity contribution in [1.29, 1.82) is 0 Å². The molecule has 0 saturated carbocycles. The lowest BCUT2D eigenvalue weighted by Gasteiger charge is -2.39. The number of hydrogen-bond donors (Lipinski definition) is 1. The zero-order valence-corrected chi connectivity index (χ0v) is 21.7. The first-order valence-electron chi connectivity index (χ1n) is 13.2. The van der Waals surface area contributed by atoms with Crippen LogP contribution < -0.4 is 10.5 Å². The van der Waals surface area contributed by atoms with Gasteiger partial charge in [-0.2, -0.15) is 0 Å². The van der Waals surface area contributed by atoms with Gasteiger partial charge >= 0.3 is 0 Å². The number of ether oxygens (including phenoxy) is 1. The maximum Gasteiger partial charge on any atom is 0.253 e. The average molecular weight is 518 g/mol. The topological polar surface area (TPSA) is 92.2 Å². The standard InChI is InChI=1S/C28H32FN7O2/c1-18-5-6-20-16-24(28(37)30-25(20)19(18)2)26(27-31-32-33-36(27)17-23-4-3-15-38-23)35-13-11-34(12-14-35)22-9-7-21(29)8-10-22/h5-10,16,23,26H,3-4,11-15,17H2,1-2H3,(H,30,37)/t23-,26+/m0/s1. The van der Waals surface area contributed by atoms with E-state index in [1.165, 1.54) is 12.1 Å². The molecule has 0 aliphatic carbocycles. The Kier molecular flexibility index (Phi) is 6.67. The Morgan fingerprint density at radius 3 is 2.63 bits per heavy atom. The van der Waals surface area contributed by atoms with Crippen LogP contribution in [-0.2, 0) is 11.3 Å². The summed E-state index contributed by atoms with van der Waals surface area (Å²) < 4.78 is 21.1. The molecule has 4 heterocycles. The van der Waals surface area contributed by atoms with Crippen LogP contribution in [0.15, 0.2) is 47.3 Å². The number of pyridine rings is 1. The van der Waals surface area contributed by atoms with Gasteiger partial charge in [-0.15, -0.1) is 5.10 Å². The summed E-state index contributed by atoms with van der Waals surface area (Å²) in [5.74, 6) is 0.399. The van der Waals surface area contributed by atoms with Gasteiger partial charge in [-0.25, -0.2) is 9.07 Å². The van der Waals surface area contributed by atoms with Gasteiger partial charge in [0.05, 0.1) is 18.2 Å². The molecule has 0 amide bonds. The monoisotopic (exact) mass is 517 g/mol. The molecule has 10 heteroatoms. The van der Waals surface area contributed by atoms with Crippen molar-refractivity contribution in [1.82, 2.24) is 30.1 Å². The third-order valence-corrected chi connectivity index (χ3v) is 7.95. The number of nitrogens with zero attached hydrogens (tertiary/aromatic N) is 6. The normalized spacial score (nSPS) is 19.3. The van der Waals surface area contributed by atoms with Crippen molar-refractivity contribution in [3.63, 3.8) is 0 Å². The molecule has 2 atom stereocenters. The number of benzene rings is 2. The van der Waals surface area contributed by atoms with Gasteiger partial charge in [0, 0.05) is 44.0 Å². The van der Waals surface area contributed by atoms with Crippen molar-refractivity contribution in [3.05, 3.63) is 81.2 Å². The number of aryl methyl sites for hydroxylation is 2. The first kappa shape index (κ1) is 24.7. The molecule has 0 spiro atoms. The van der Waals surface area contributed by atoms with Gasteiger partial charge in [-0.05, 0) is 84.0 Å². The summed E-state index contributed by atoms with van der Waals surface area (Å²) in [5, 5.41) is 13.7. The summed E-state index contributed by atoms with van der Waals surface area (Å²) in [6.07, 6.45) is 2.06. The molecule has 38 heavy (non-hydrogen) atoms. The first-order valence-corrected chi connectivity index (χ1v) is 13.2. The lowest BCUT2D eigenvalue weighted by atomic mass is 9.99. The van der Waals surface area contributed by atoms with Crippen molar-refractivity contribution < 1.29 is 9.13 Å². The van der Waals surface area contributed by atoms with Gasteiger partial charge in [0.2, 0.25) is 0 Å². The molecule has 2 aliphatic heterocycles. The van der Waals surface area contributed by atoms with E-state index < -0.39 is 6.04 Å². The second-order valence-corrected chi connectivity index (χ2v) is 10.3. The zero-order valence-electron chi connectivity index (χ0n) is 21.7. The molecule has 0 radical (unpaired) electrons. The van der Waals surface area contributed by atoms with Crippen LogP contribution >= 0.6 is 0 Å². The number of nitrogens with one attached hydrogen (secondary N) is 1. The first-order chi connectivity index (χ1) is 18.5. The van der Waals surface area contributed by atoms with Crippen molar-refractivity contribution in [3.8, 4) is 0 Å². The van der Waals surface area contributed by atoms with Crippen LogP contribution in [0.2, 0.25) is 0 Å². The minimum absolute atomic E-state index is 0.0636. The molecule has 9 nitrogen and oxygen atoms in total. The van der Waals surface area contributed by atoms with Gasteiger partial charge in [0.25, 0.3) is 5.56 Å². The lowest BCUT2D eigenvalue weighted by molar-refractivity contribution is 0.0906. The Hall–Kier alpha value is -3.63. The largest absolute Gasteiger partial charge is 0.376 e. The van der Waals surface area contributed by atoms with Crippen molar-refractivity contribution in [2.45, 2.75) is 45.4 Å². The maximum absolute atomic E-state index is 13.6. The SMILES string of the molecule is Cc1ccc2cc([C@H](c3nnnn3C[C@@H]3CCCO3)N3CCN(c4ccc(F)cc4)CC3)c(=O)[nH]c2c1C. The highest BCUT2D eigenvalue weighted by atomic mass is 19.1. The maximum atomic E-state index is 13.6. The average Bonchev–Trinajstić information content (AvgIpc) is 3.61. The molecular formula is C28H32FN7O2. The predicted octanol–water partition coefficient (Wildman–Crippen LogP) is 3.36. The smallest absolute Gasteiger partial charge is 0.253 e. The van der Waals surface area contributed by atoms with Crippen LogP contribution in [0, 0.1) is 19.7 Å². The minimum Gasteiger partial charge on any atom is -0.376 e. The molecule has 2 fully saturated rings. The molecule has 198 valence electrons. The van der Waals surface area contributed by atoms with Gasteiger partial charge in [0.1, 0.15) is 11.9 Å². The van der Waals surface area contributed by atoms with E-state index in [1.807, 2.05) is 32.0 Å². The van der Waals surface area contributed by atoms with Gasteiger partial charge in [0.15, 0.2) is 5.82 Å². The predicted molar refractivity (Wildman–Crippen MR) is 143 cm³/mol. The van der Waals surface area contributed by atoms with Crippen LogP contribution in [0.5, 0.6) is 0 Å². The summed E-state index contributed by atoms with van der Waals surface area (Å²) in [6.45, 7) is 8.24. The van der Waals surface area contributed by atoms with Gasteiger partial charge < -0.3 is 14.6 Å². The van der Waals surface area contributed by atoms with Crippen molar-refractivity contribution in [2.75, 3.05) is 37.7 Å². The second kappa shape index (κ2) is 10.3. The molecule has 2 aliphatic rings. The van der Waals surface area contributed by atoms with E-state index in [9.17, 15) is 9.18 Å². The molecule has 0 bridgehead atoms. The van der Waals surface area contributed by atoms with E-state index in [1.54, 1.807) is 4.68 Å². The lowest BCUT2D eigenvalue weighted by Crippen LogP contribution is -2.49. The number of aromatic nitrogens is 5. The van der Waals surface area contributed by atoms with E-state index in [4.69, 9.17) is 4.74 Å². The molecule has 0 unspecified atom stereocenters. The highest BCUT2D eigenvalue weighted by molar-refractivity contribution is 5.83. The number of halogens is 1. The van der Waals surface area contributed by atoms with Crippen LogP contribution in [0.4, 0.5) is 10.1 Å². The van der Waals surface area contributed by atoms with Crippen molar-refractivity contribution >= 4 is 16.6 Å². The molecule has 6 rings (SSSR count). The quantitative estimate of drug-likeness (QED) is 0.419. The summed E-state index contributed by atoms with van der Waals surface area (Å²) in [7, 11) is 0. The summed E-state index contributed by atoms with van der Waals surface area (Å²) in [4.78, 5) is 21.3. The Bertz CT molecular complexity index is 1490. The Balaban J connectivity index is 1.37. The number of tetrazole rings is 1. The summed E-state index contributed by atoms with van der Waals surface area (Å²) >= 11 is 0. The van der Waals surface area contributed by atoms with E-state index in [0.29, 0.717) is 31.0 Å².